The van der Waals surface area contributed by atoms with E-state index in [2.05, 4.69) is 53.2 Å². The molecule has 2 rings (SSSR count). The summed E-state index contributed by atoms with van der Waals surface area (Å²) in [5.74, 6) is 1.15. The van der Waals surface area contributed by atoms with Crippen LogP contribution in [0.1, 0.15) is 35.8 Å². The summed E-state index contributed by atoms with van der Waals surface area (Å²) >= 11 is 0. The molecule has 0 fully saturated rings. The van der Waals surface area contributed by atoms with Crippen LogP contribution in [-0.4, -0.2) is 22.1 Å². The Bertz CT molecular complexity index is 526. The summed E-state index contributed by atoms with van der Waals surface area (Å²) in [6, 6.07) is 8.84. The molecule has 1 atom stereocenters. The molecule has 110 valence electrons. The topological polar surface area (TPSA) is 68.2 Å². The summed E-state index contributed by atoms with van der Waals surface area (Å²) < 4.78 is 5.00. The van der Waals surface area contributed by atoms with Gasteiger partial charge in [-0.1, -0.05) is 35.0 Å². The van der Waals surface area contributed by atoms with Crippen molar-refractivity contribution in [1.29, 1.82) is 0 Å². The minimum absolute atomic E-state index is 0. The smallest absolute Gasteiger partial charge is 0.240 e. The maximum atomic E-state index is 5.45. The molecule has 20 heavy (non-hydrogen) atoms. The van der Waals surface area contributed by atoms with Gasteiger partial charge in [0, 0.05) is 6.04 Å². The minimum atomic E-state index is 0. The van der Waals surface area contributed by atoms with Gasteiger partial charge >= 0.3 is 0 Å². The standard InChI is InChI=1S/C14H20N4O.ClH/c1-10-4-6-12(7-5-10)11(2)18(3)9-13-16-14(8-15)19-17-13;/h4-7,11H,8-9,15H2,1-3H3;1H. The number of benzene rings is 1. The van der Waals surface area contributed by atoms with E-state index in [0.29, 0.717) is 24.3 Å². The van der Waals surface area contributed by atoms with Crippen LogP contribution in [0.25, 0.3) is 0 Å². The van der Waals surface area contributed by atoms with Crippen LogP contribution < -0.4 is 5.73 Å². The molecule has 1 aromatic carbocycles. The van der Waals surface area contributed by atoms with Gasteiger partial charge in [-0.15, -0.1) is 12.4 Å². The highest BCUT2D eigenvalue weighted by molar-refractivity contribution is 5.85. The van der Waals surface area contributed by atoms with E-state index in [9.17, 15) is 0 Å². The van der Waals surface area contributed by atoms with E-state index in [4.69, 9.17) is 10.3 Å². The van der Waals surface area contributed by atoms with Crippen molar-refractivity contribution < 1.29 is 4.52 Å². The van der Waals surface area contributed by atoms with Crippen LogP contribution in [0.5, 0.6) is 0 Å². The van der Waals surface area contributed by atoms with E-state index in [-0.39, 0.29) is 19.0 Å². The highest BCUT2D eigenvalue weighted by atomic mass is 35.5. The van der Waals surface area contributed by atoms with Crippen molar-refractivity contribution in [2.45, 2.75) is 33.0 Å². The van der Waals surface area contributed by atoms with Crippen molar-refractivity contribution in [3.8, 4) is 0 Å². The summed E-state index contributed by atoms with van der Waals surface area (Å²) in [5, 5.41) is 3.91. The van der Waals surface area contributed by atoms with E-state index < -0.39 is 0 Å². The van der Waals surface area contributed by atoms with Crippen molar-refractivity contribution in [2.24, 2.45) is 5.73 Å². The van der Waals surface area contributed by atoms with Gasteiger partial charge in [-0.25, -0.2) is 0 Å². The van der Waals surface area contributed by atoms with Gasteiger partial charge in [-0.3, -0.25) is 4.90 Å². The van der Waals surface area contributed by atoms with Crippen LogP contribution in [-0.2, 0) is 13.1 Å². The second-order valence-electron chi connectivity index (χ2n) is 4.81. The molecule has 0 aliphatic heterocycles. The molecule has 6 heteroatoms. The quantitative estimate of drug-likeness (QED) is 0.918. The van der Waals surface area contributed by atoms with Crippen LogP contribution in [0.2, 0.25) is 0 Å². The second kappa shape index (κ2) is 7.38. The molecule has 0 aliphatic carbocycles. The van der Waals surface area contributed by atoms with Crippen LogP contribution in [0.3, 0.4) is 0 Å². The summed E-state index contributed by atoms with van der Waals surface area (Å²) in [6.45, 7) is 5.17. The van der Waals surface area contributed by atoms with Gasteiger partial charge in [-0.05, 0) is 26.5 Å². The SMILES string of the molecule is Cc1ccc(C(C)N(C)Cc2noc(CN)n2)cc1.Cl. The first-order valence-electron chi connectivity index (χ1n) is 6.38. The van der Waals surface area contributed by atoms with Crippen LogP contribution in [0.15, 0.2) is 28.8 Å². The third kappa shape index (κ3) is 4.03. The summed E-state index contributed by atoms with van der Waals surface area (Å²) in [6.07, 6.45) is 0. The van der Waals surface area contributed by atoms with Crippen molar-refractivity contribution in [1.82, 2.24) is 15.0 Å². The molecule has 0 amide bonds. The third-order valence-electron chi connectivity index (χ3n) is 3.30. The molecule has 2 N–H and O–H groups in total. The maximum absolute atomic E-state index is 5.45. The fraction of sp³-hybridized carbons (Fsp3) is 0.429. The van der Waals surface area contributed by atoms with Gasteiger partial charge < -0.3 is 10.3 Å². The number of aromatic nitrogens is 2. The third-order valence-corrected chi connectivity index (χ3v) is 3.30. The summed E-state index contributed by atoms with van der Waals surface area (Å²) in [4.78, 5) is 6.39. The predicted molar refractivity (Wildman–Crippen MR) is 80.5 cm³/mol. The van der Waals surface area contributed by atoms with E-state index in [1.807, 2.05) is 7.05 Å². The predicted octanol–water partition coefficient (Wildman–Crippen LogP) is 2.45. The first-order chi connectivity index (χ1) is 9.10. The second-order valence-corrected chi connectivity index (χ2v) is 4.81. The lowest BCUT2D eigenvalue weighted by Gasteiger charge is -2.23. The highest BCUT2D eigenvalue weighted by Crippen LogP contribution is 2.20. The zero-order valence-corrected chi connectivity index (χ0v) is 12.9. The lowest BCUT2D eigenvalue weighted by Crippen LogP contribution is -2.22. The van der Waals surface area contributed by atoms with Crippen LogP contribution in [0.4, 0.5) is 0 Å². The lowest BCUT2D eigenvalue weighted by molar-refractivity contribution is 0.242. The average Bonchev–Trinajstić information content (AvgIpc) is 2.86. The molecule has 0 saturated heterocycles. The van der Waals surface area contributed by atoms with Gasteiger partial charge in [0.15, 0.2) is 5.82 Å². The fourth-order valence-corrected chi connectivity index (χ4v) is 1.90. The zero-order chi connectivity index (χ0) is 13.8. The van der Waals surface area contributed by atoms with Gasteiger partial charge in [0.2, 0.25) is 5.89 Å². The van der Waals surface area contributed by atoms with E-state index in [0.717, 1.165) is 0 Å². The summed E-state index contributed by atoms with van der Waals surface area (Å²) in [7, 11) is 2.04. The molecule has 1 unspecified atom stereocenters. The number of hydrogen-bond donors (Lipinski definition) is 1. The Labute approximate surface area is 125 Å². The van der Waals surface area contributed by atoms with E-state index in [1.165, 1.54) is 11.1 Å². The average molecular weight is 297 g/mol. The molecule has 2 aromatic rings. The largest absolute Gasteiger partial charge is 0.338 e. The molecular formula is C14H21ClN4O. The first-order valence-corrected chi connectivity index (χ1v) is 6.38. The molecule has 0 bridgehead atoms. The molecule has 0 radical (unpaired) electrons. The number of hydrogen-bond acceptors (Lipinski definition) is 5. The molecule has 1 aromatic heterocycles. The monoisotopic (exact) mass is 296 g/mol. The normalized spacial score (nSPS) is 12.2. The lowest BCUT2D eigenvalue weighted by atomic mass is 10.1. The molecule has 0 aliphatic rings. The van der Waals surface area contributed by atoms with E-state index in [1.54, 1.807) is 0 Å². The van der Waals surface area contributed by atoms with Crippen LogP contribution in [0, 0.1) is 6.92 Å². The van der Waals surface area contributed by atoms with Crippen molar-refractivity contribution in [2.75, 3.05) is 7.05 Å². The summed E-state index contributed by atoms with van der Waals surface area (Å²) in [5.41, 5.74) is 7.99. The minimum Gasteiger partial charge on any atom is -0.338 e. The number of halogens is 1. The Morgan fingerprint density at radius 2 is 1.95 bits per heavy atom. The zero-order valence-electron chi connectivity index (χ0n) is 12.0. The number of nitrogens with zero attached hydrogens (tertiary/aromatic N) is 3. The molecular weight excluding hydrogens is 276 g/mol. The highest BCUT2D eigenvalue weighted by Gasteiger charge is 2.14. The number of aryl methyl sites for hydroxylation is 1. The van der Waals surface area contributed by atoms with Gasteiger partial charge in [0.05, 0.1) is 13.1 Å². The van der Waals surface area contributed by atoms with Gasteiger partial charge in [-0.2, -0.15) is 4.98 Å². The van der Waals surface area contributed by atoms with Gasteiger partial charge in [0.1, 0.15) is 0 Å². The van der Waals surface area contributed by atoms with Crippen molar-refractivity contribution >= 4 is 12.4 Å². The molecule has 0 saturated carbocycles. The van der Waals surface area contributed by atoms with Gasteiger partial charge in [0.25, 0.3) is 0 Å². The molecule has 0 spiro atoms. The van der Waals surface area contributed by atoms with Crippen molar-refractivity contribution in [3.63, 3.8) is 0 Å². The van der Waals surface area contributed by atoms with Crippen molar-refractivity contribution in [3.05, 3.63) is 47.1 Å². The first kappa shape index (κ1) is 16.6. The number of rotatable bonds is 5. The Kier molecular flexibility index (Phi) is 6.13. The Morgan fingerprint density at radius 1 is 1.30 bits per heavy atom. The Morgan fingerprint density at radius 3 is 2.50 bits per heavy atom. The molecule has 1 heterocycles. The Balaban J connectivity index is 0.00000200. The van der Waals surface area contributed by atoms with E-state index >= 15 is 0 Å². The number of nitrogens with two attached hydrogens (primary N) is 1. The fourth-order valence-electron chi connectivity index (χ4n) is 1.90. The molecule has 5 nitrogen and oxygen atoms in total. The maximum Gasteiger partial charge on any atom is 0.240 e. The van der Waals surface area contributed by atoms with Crippen LogP contribution >= 0.6 is 12.4 Å². The Hall–Kier alpha value is -1.43.